The number of methoxy groups -OCH3 is 1. The SMILES string of the molecule is COc1cccc2c1C(=O)c1c(O)c3c(c(O)c1C2=O)CC(O)(C(C)=O)CC3OC1CC2NC(C#N)C(C)OC(CC(C)O)OC2C(C)O1. The summed E-state index contributed by atoms with van der Waals surface area (Å²) in [6, 6.07) is 5.36. The Morgan fingerprint density at radius 2 is 1.82 bits per heavy atom. The molecule has 2 aromatic carbocycles. The van der Waals surface area contributed by atoms with E-state index in [0.717, 1.165) is 0 Å². The van der Waals surface area contributed by atoms with Crippen LogP contribution in [-0.4, -0.2) is 99.6 Å². The van der Waals surface area contributed by atoms with E-state index in [1.165, 1.54) is 32.2 Å². The van der Waals surface area contributed by atoms with Gasteiger partial charge in [-0.25, -0.2) is 0 Å². The summed E-state index contributed by atoms with van der Waals surface area (Å²) in [5.41, 5.74) is -3.22. The van der Waals surface area contributed by atoms with Crippen molar-refractivity contribution < 1.29 is 58.5 Å². The number of nitriles is 1. The van der Waals surface area contributed by atoms with Crippen molar-refractivity contribution in [1.29, 1.82) is 5.26 Å². The molecule has 0 spiro atoms. The predicted octanol–water partition coefficient (Wildman–Crippen LogP) is 2.09. The number of hydrogen-bond acceptors (Lipinski definition) is 14. The standard InChI is InChI=1S/C35H40N2O12/c1-14(38)9-24-46-15(2)21(13-36)37-20-10-25(47-16(3)34(20)49-24)48-23-12-35(44,17(4)39)11-19-27(23)33(43)29-28(31(19)41)30(40)18-7-6-8-22(45-5)26(18)32(29)42/h6-8,14-16,20-21,23-25,34,37-38,41,43-44H,9-12H2,1-5H3. The van der Waals surface area contributed by atoms with Crippen LogP contribution in [0.2, 0.25) is 0 Å². The van der Waals surface area contributed by atoms with Crippen LogP contribution in [0.25, 0.3) is 0 Å². The van der Waals surface area contributed by atoms with Crippen LogP contribution in [0.1, 0.15) is 96.0 Å². The van der Waals surface area contributed by atoms with Gasteiger partial charge < -0.3 is 44.1 Å². The highest BCUT2D eigenvalue weighted by Gasteiger charge is 2.50. The number of carbonyl (C=O) groups is 3. The van der Waals surface area contributed by atoms with E-state index in [9.17, 15) is 40.1 Å². The van der Waals surface area contributed by atoms with Crippen molar-refractivity contribution in [2.45, 2.75) is 114 Å². The highest BCUT2D eigenvalue weighted by atomic mass is 16.7. The average molecular weight is 681 g/mol. The van der Waals surface area contributed by atoms with E-state index in [4.69, 9.17) is 23.7 Å². The number of benzene rings is 2. The summed E-state index contributed by atoms with van der Waals surface area (Å²) < 4.78 is 30.1. The zero-order valence-corrected chi connectivity index (χ0v) is 27.8. The zero-order chi connectivity index (χ0) is 35.5. The van der Waals surface area contributed by atoms with E-state index in [1.807, 2.05) is 0 Å². The maximum atomic E-state index is 13.9. The van der Waals surface area contributed by atoms with Crippen molar-refractivity contribution >= 4 is 17.3 Å². The fourth-order valence-corrected chi connectivity index (χ4v) is 7.41. The molecule has 0 saturated carbocycles. The number of carbonyl (C=O) groups excluding carboxylic acids is 3. The van der Waals surface area contributed by atoms with Crippen LogP contribution in [0.4, 0.5) is 0 Å². The molecular formula is C35H40N2O12. The molecule has 2 fully saturated rings. The first-order valence-corrected chi connectivity index (χ1v) is 16.2. The van der Waals surface area contributed by atoms with Gasteiger partial charge >= 0.3 is 0 Å². The van der Waals surface area contributed by atoms with Gasteiger partial charge in [-0.3, -0.25) is 19.7 Å². The second-order valence-electron chi connectivity index (χ2n) is 13.3. The molecule has 49 heavy (non-hydrogen) atoms. The van der Waals surface area contributed by atoms with Crippen molar-refractivity contribution in [2.24, 2.45) is 0 Å². The molecule has 0 amide bonds. The number of aliphatic hydroxyl groups is 2. The average Bonchev–Trinajstić information content (AvgIpc) is 3.03. The highest BCUT2D eigenvalue weighted by molar-refractivity contribution is 6.31. The van der Waals surface area contributed by atoms with E-state index < -0.39 is 107 Å². The Kier molecular flexibility index (Phi) is 9.31. The number of fused-ring (bicyclic) bond motifs is 4. The summed E-state index contributed by atoms with van der Waals surface area (Å²) in [6.07, 6.45) is -6.36. The van der Waals surface area contributed by atoms with E-state index in [2.05, 4.69) is 11.4 Å². The van der Waals surface area contributed by atoms with Crippen molar-refractivity contribution in [3.8, 4) is 23.3 Å². The molecule has 0 radical (unpaired) electrons. The summed E-state index contributed by atoms with van der Waals surface area (Å²) in [5, 5.41) is 58.1. The molecule has 262 valence electrons. The number of rotatable bonds is 6. The molecule has 4 aliphatic rings. The summed E-state index contributed by atoms with van der Waals surface area (Å²) >= 11 is 0. The molecule has 2 aromatic rings. The third kappa shape index (κ3) is 5.99. The first kappa shape index (κ1) is 34.9. The molecule has 10 unspecified atom stereocenters. The molecule has 2 heterocycles. The number of nitrogens with zero attached hydrogens (tertiary/aromatic N) is 1. The lowest BCUT2D eigenvalue weighted by molar-refractivity contribution is -0.295. The summed E-state index contributed by atoms with van der Waals surface area (Å²) in [4.78, 5) is 40.5. The number of ketones is 3. The summed E-state index contributed by atoms with van der Waals surface area (Å²) in [5.74, 6) is -3.29. The topological polar surface area (TPSA) is 214 Å². The maximum Gasteiger partial charge on any atom is 0.202 e. The van der Waals surface area contributed by atoms with E-state index >= 15 is 0 Å². The maximum absolute atomic E-state index is 13.9. The molecule has 14 heteroatoms. The zero-order valence-electron chi connectivity index (χ0n) is 27.8. The van der Waals surface area contributed by atoms with Gasteiger partial charge in [-0.1, -0.05) is 12.1 Å². The Morgan fingerprint density at radius 3 is 2.47 bits per heavy atom. The minimum Gasteiger partial charge on any atom is -0.507 e. The first-order valence-electron chi connectivity index (χ1n) is 16.2. The first-order chi connectivity index (χ1) is 23.2. The van der Waals surface area contributed by atoms with Gasteiger partial charge in [0.1, 0.15) is 35.0 Å². The van der Waals surface area contributed by atoms with Crippen LogP contribution >= 0.6 is 0 Å². The molecular weight excluding hydrogens is 640 g/mol. The molecule has 14 nitrogen and oxygen atoms in total. The largest absolute Gasteiger partial charge is 0.507 e. The Balaban J connectivity index is 1.39. The van der Waals surface area contributed by atoms with E-state index in [0.29, 0.717) is 0 Å². The molecule has 0 bridgehead atoms. The molecule has 2 aliphatic heterocycles. The van der Waals surface area contributed by atoms with Crippen molar-refractivity contribution in [2.75, 3.05) is 7.11 Å². The second kappa shape index (κ2) is 13.1. The minimum absolute atomic E-state index is 0.0314. The van der Waals surface area contributed by atoms with Gasteiger partial charge in [0.25, 0.3) is 0 Å². The number of phenolic OH excluding ortho intramolecular Hbond substituents is 2. The van der Waals surface area contributed by atoms with Gasteiger partial charge in [-0.2, -0.15) is 5.26 Å². The van der Waals surface area contributed by atoms with Crippen LogP contribution in [0.3, 0.4) is 0 Å². The van der Waals surface area contributed by atoms with Gasteiger partial charge in [0.2, 0.25) is 5.78 Å². The van der Waals surface area contributed by atoms with Gasteiger partial charge in [0, 0.05) is 48.4 Å². The Bertz CT molecular complexity index is 1740. The van der Waals surface area contributed by atoms with Gasteiger partial charge in [-0.05, 0) is 33.8 Å². The molecule has 10 atom stereocenters. The number of ether oxygens (including phenoxy) is 5. The Morgan fingerprint density at radius 1 is 1.10 bits per heavy atom. The molecule has 5 N–H and O–H groups in total. The van der Waals surface area contributed by atoms with Gasteiger partial charge in [0.15, 0.2) is 24.1 Å². The Hall–Kier alpha value is -3.94. The lowest BCUT2D eigenvalue weighted by Crippen LogP contribution is -2.62. The van der Waals surface area contributed by atoms with Crippen molar-refractivity contribution in [1.82, 2.24) is 5.32 Å². The number of nitrogens with one attached hydrogen (secondary N) is 1. The van der Waals surface area contributed by atoms with Crippen molar-refractivity contribution in [3.05, 3.63) is 51.6 Å². The molecule has 0 aromatic heterocycles. The third-order valence-electron chi connectivity index (χ3n) is 9.93. The fourth-order valence-electron chi connectivity index (χ4n) is 7.41. The smallest absolute Gasteiger partial charge is 0.202 e. The lowest BCUT2D eigenvalue weighted by Gasteiger charge is -2.46. The van der Waals surface area contributed by atoms with E-state index in [-0.39, 0.29) is 47.3 Å². The third-order valence-corrected chi connectivity index (χ3v) is 9.93. The van der Waals surface area contributed by atoms with Gasteiger partial charge in [-0.15, -0.1) is 0 Å². The molecule has 2 aliphatic carbocycles. The number of phenols is 2. The number of hydrogen-bond donors (Lipinski definition) is 5. The normalized spacial score (nSPS) is 33.1. The monoisotopic (exact) mass is 680 g/mol. The van der Waals surface area contributed by atoms with Crippen molar-refractivity contribution in [3.63, 3.8) is 0 Å². The van der Waals surface area contributed by atoms with Crippen LogP contribution in [0.5, 0.6) is 17.2 Å². The second-order valence-corrected chi connectivity index (χ2v) is 13.3. The minimum atomic E-state index is -2.06. The van der Waals surface area contributed by atoms with Gasteiger partial charge in [0.05, 0.1) is 54.3 Å². The van der Waals surface area contributed by atoms with E-state index in [1.54, 1.807) is 20.8 Å². The lowest BCUT2D eigenvalue weighted by atomic mass is 9.72. The summed E-state index contributed by atoms with van der Waals surface area (Å²) in [6.45, 7) is 6.23. The molecule has 2 saturated heterocycles. The molecule has 6 rings (SSSR count). The summed E-state index contributed by atoms with van der Waals surface area (Å²) in [7, 11) is 1.34. The Labute approximate surface area is 282 Å². The fraction of sp³-hybridized carbons (Fsp3) is 0.543. The predicted molar refractivity (Wildman–Crippen MR) is 168 cm³/mol. The quantitative estimate of drug-likeness (QED) is 0.236. The highest BCUT2D eigenvalue weighted by Crippen LogP contribution is 2.52. The van der Waals surface area contributed by atoms with Crippen LogP contribution in [-0.2, 0) is 30.2 Å². The number of aromatic hydroxyl groups is 2. The number of Topliss-reactive ketones (excluding diaryl/α,β-unsaturated/α-hetero) is 1. The number of aliphatic hydroxyl groups excluding tert-OH is 1. The van der Waals surface area contributed by atoms with Crippen LogP contribution in [0, 0.1) is 11.3 Å². The van der Waals surface area contributed by atoms with Crippen LogP contribution < -0.4 is 10.1 Å². The van der Waals surface area contributed by atoms with Crippen LogP contribution in [0.15, 0.2) is 18.2 Å².